The SMILES string of the molecule is Nc1nc(Cc2ccc(F)cc2)cc(=O)[nH]1. The maximum Gasteiger partial charge on any atom is 0.252 e. The maximum atomic E-state index is 12.7. The normalized spacial score (nSPS) is 10.3. The predicted molar refractivity (Wildman–Crippen MR) is 58.5 cm³/mol. The molecular weight excluding hydrogens is 209 g/mol. The molecule has 0 aliphatic heterocycles. The van der Waals surface area contributed by atoms with Gasteiger partial charge in [0.25, 0.3) is 5.56 Å². The summed E-state index contributed by atoms with van der Waals surface area (Å²) in [6.45, 7) is 0. The fourth-order valence-corrected chi connectivity index (χ4v) is 1.43. The Kier molecular flexibility index (Phi) is 2.68. The van der Waals surface area contributed by atoms with Crippen molar-refractivity contribution in [2.24, 2.45) is 0 Å². The Hall–Kier alpha value is -2.17. The Morgan fingerprint density at radius 1 is 1.31 bits per heavy atom. The van der Waals surface area contributed by atoms with Crippen LogP contribution in [0.1, 0.15) is 11.3 Å². The molecule has 5 heteroatoms. The van der Waals surface area contributed by atoms with Crippen LogP contribution in [0.2, 0.25) is 0 Å². The van der Waals surface area contributed by atoms with Crippen LogP contribution in [0.15, 0.2) is 35.1 Å². The van der Waals surface area contributed by atoms with Crippen molar-refractivity contribution in [3.8, 4) is 0 Å². The number of hydrogen-bond acceptors (Lipinski definition) is 3. The molecule has 1 aromatic heterocycles. The average Bonchev–Trinajstić information content (AvgIpc) is 2.20. The summed E-state index contributed by atoms with van der Waals surface area (Å²) in [5.41, 5.74) is 6.56. The smallest absolute Gasteiger partial charge is 0.252 e. The summed E-state index contributed by atoms with van der Waals surface area (Å²) >= 11 is 0. The molecule has 16 heavy (non-hydrogen) atoms. The molecule has 1 heterocycles. The molecule has 0 aliphatic rings. The Labute approximate surface area is 91.0 Å². The molecule has 2 rings (SSSR count). The van der Waals surface area contributed by atoms with Crippen molar-refractivity contribution >= 4 is 5.95 Å². The number of anilines is 1. The average molecular weight is 219 g/mol. The van der Waals surface area contributed by atoms with E-state index in [0.717, 1.165) is 5.56 Å². The van der Waals surface area contributed by atoms with E-state index in [1.807, 2.05) is 0 Å². The van der Waals surface area contributed by atoms with E-state index in [1.54, 1.807) is 12.1 Å². The lowest BCUT2D eigenvalue weighted by atomic mass is 10.1. The number of aromatic amines is 1. The predicted octanol–water partition coefficient (Wildman–Crippen LogP) is 1.08. The first-order valence-corrected chi connectivity index (χ1v) is 4.73. The summed E-state index contributed by atoms with van der Waals surface area (Å²) in [6, 6.07) is 7.40. The molecule has 0 amide bonds. The van der Waals surface area contributed by atoms with Gasteiger partial charge in [0.15, 0.2) is 0 Å². The van der Waals surface area contributed by atoms with Crippen LogP contribution >= 0.6 is 0 Å². The lowest BCUT2D eigenvalue weighted by Crippen LogP contribution is -2.12. The van der Waals surface area contributed by atoms with E-state index in [1.165, 1.54) is 18.2 Å². The lowest BCUT2D eigenvalue weighted by Gasteiger charge is -2.01. The highest BCUT2D eigenvalue weighted by Crippen LogP contribution is 2.07. The molecule has 82 valence electrons. The van der Waals surface area contributed by atoms with Gasteiger partial charge in [-0.2, -0.15) is 0 Å². The van der Waals surface area contributed by atoms with Crippen molar-refractivity contribution in [3.63, 3.8) is 0 Å². The summed E-state index contributed by atoms with van der Waals surface area (Å²) in [7, 11) is 0. The van der Waals surface area contributed by atoms with Crippen LogP contribution < -0.4 is 11.3 Å². The quantitative estimate of drug-likeness (QED) is 0.793. The number of nitrogen functional groups attached to an aromatic ring is 1. The fraction of sp³-hybridized carbons (Fsp3) is 0.0909. The van der Waals surface area contributed by atoms with E-state index in [4.69, 9.17) is 5.73 Å². The molecule has 0 spiro atoms. The second-order valence-corrected chi connectivity index (χ2v) is 3.43. The minimum Gasteiger partial charge on any atom is -0.369 e. The number of hydrogen-bond donors (Lipinski definition) is 2. The summed E-state index contributed by atoms with van der Waals surface area (Å²) in [5.74, 6) is -0.202. The number of halogens is 1. The third kappa shape index (κ3) is 2.44. The second-order valence-electron chi connectivity index (χ2n) is 3.43. The van der Waals surface area contributed by atoms with Crippen LogP contribution in [-0.4, -0.2) is 9.97 Å². The standard InChI is InChI=1S/C11H10FN3O/c12-8-3-1-7(2-4-8)5-9-6-10(16)15-11(13)14-9/h1-4,6H,5H2,(H3,13,14,15,16). The Morgan fingerprint density at radius 3 is 2.62 bits per heavy atom. The monoisotopic (exact) mass is 219 g/mol. The van der Waals surface area contributed by atoms with Crippen LogP contribution in [0.3, 0.4) is 0 Å². The van der Waals surface area contributed by atoms with E-state index < -0.39 is 0 Å². The summed E-state index contributed by atoms with van der Waals surface area (Å²) in [4.78, 5) is 17.5. The number of nitrogens with zero attached hydrogens (tertiary/aromatic N) is 1. The van der Waals surface area contributed by atoms with Gasteiger partial charge in [-0.05, 0) is 17.7 Å². The number of H-pyrrole nitrogens is 1. The molecular formula is C11H10FN3O. The first-order chi connectivity index (χ1) is 7.63. The zero-order valence-corrected chi connectivity index (χ0v) is 8.40. The van der Waals surface area contributed by atoms with Crippen molar-refractivity contribution in [2.45, 2.75) is 6.42 Å². The van der Waals surface area contributed by atoms with Gasteiger partial charge < -0.3 is 5.73 Å². The molecule has 0 saturated carbocycles. The minimum absolute atomic E-state index is 0.0876. The molecule has 1 aromatic carbocycles. The van der Waals surface area contributed by atoms with Gasteiger partial charge in [0.05, 0.1) is 5.69 Å². The molecule has 2 aromatic rings. The van der Waals surface area contributed by atoms with Crippen LogP contribution in [0.4, 0.5) is 10.3 Å². The van der Waals surface area contributed by atoms with Gasteiger partial charge in [-0.25, -0.2) is 9.37 Å². The molecule has 3 N–H and O–H groups in total. The van der Waals surface area contributed by atoms with Gasteiger partial charge in [0.2, 0.25) is 5.95 Å². The minimum atomic E-state index is -0.290. The molecule has 0 atom stereocenters. The zero-order valence-electron chi connectivity index (χ0n) is 8.40. The molecule has 0 unspecified atom stereocenters. The Balaban J connectivity index is 2.26. The highest BCUT2D eigenvalue weighted by molar-refractivity contribution is 5.24. The molecule has 0 fully saturated rings. The van der Waals surface area contributed by atoms with Gasteiger partial charge in [-0.15, -0.1) is 0 Å². The van der Waals surface area contributed by atoms with Crippen LogP contribution in [0.25, 0.3) is 0 Å². The number of benzene rings is 1. The molecule has 0 saturated heterocycles. The van der Waals surface area contributed by atoms with Gasteiger partial charge in [0, 0.05) is 12.5 Å². The van der Waals surface area contributed by atoms with Gasteiger partial charge in [-0.1, -0.05) is 12.1 Å². The largest absolute Gasteiger partial charge is 0.369 e. The number of nitrogens with one attached hydrogen (secondary N) is 1. The van der Waals surface area contributed by atoms with Crippen molar-refractivity contribution in [2.75, 3.05) is 5.73 Å². The maximum absolute atomic E-state index is 12.7. The van der Waals surface area contributed by atoms with E-state index in [9.17, 15) is 9.18 Å². The highest BCUT2D eigenvalue weighted by atomic mass is 19.1. The Bertz CT molecular complexity index is 548. The van der Waals surface area contributed by atoms with Gasteiger partial charge >= 0.3 is 0 Å². The molecule has 0 radical (unpaired) electrons. The zero-order chi connectivity index (χ0) is 11.5. The third-order valence-electron chi connectivity index (χ3n) is 2.11. The van der Waals surface area contributed by atoms with Crippen LogP contribution in [-0.2, 0) is 6.42 Å². The number of aromatic nitrogens is 2. The first-order valence-electron chi connectivity index (χ1n) is 4.73. The number of rotatable bonds is 2. The first kappa shape index (κ1) is 10.4. The van der Waals surface area contributed by atoms with Crippen molar-refractivity contribution in [1.82, 2.24) is 9.97 Å². The Morgan fingerprint density at radius 2 is 2.00 bits per heavy atom. The lowest BCUT2D eigenvalue weighted by molar-refractivity contribution is 0.627. The van der Waals surface area contributed by atoms with Crippen molar-refractivity contribution in [3.05, 3.63) is 57.8 Å². The van der Waals surface area contributed by atoms with Crippen LogP contribution in [0.5, 0.6) is 0 Å². The van der Waals surface area contributed by atoms with E-state index in [-0.39, 0.29) is 17.3 Å². The fourth-order valence-electron chi connectivity index (χ4n) is 1.43. The summed E-state index contributed by atoms with van der Waals surface area (Å²) < 4.78 is 12.7. The van der Waals surface area contributed by atoms with E-state index in [2.05, 4.69) is 9.97 Å². The third-order valence-corrected chi connectivity index (χ3v) is 2.11. The highest BCUT2D eigenvalue weighted by Gasteiger charge is 2.01. The van der Waals surface area contributed by atoms with Gasteiger partial charge in [-0.3, -0.25) is 9.78 Å². The number of nitrogens with two attached hydrogens (primary N) is 1. The molecule has 0 aliphatic carbocycles. The van der Waals surface area contributed by atoms with E-state index in [0.29, 0.717) is 12.1 Å². The molecule has 4 nitrogen and oxygen atoms in total. The molecule has 0 bridgehead atoms. The topological polar surface area (TPSA) is 71.8 Å². The van der Waals surface area contributed by atoms with Crippen LogP contribution in [0, 0.1) is 5.82 Å². The van der Waals surface area contributed by atoms with E-state index >= 15 is 0 Å². The summed E-state index contributed by atoms with van der Waals surface area (Å²) in [5, 5.41) is 0. The second kappa shape index (κ2) is 4.14. The van der Waals surface area contributed by atoms with Crippen molar-refractivity contribution in [1.29, 1.82) is 0 Å². The van der Waals surface area contributed by atoms with Gasteiger partial charge in [0.1, 0.15) is 5.82 Å². The summed E-state index contributed by atoms with van der Waals surface area (Å²) in [6.07, 6.45) is 0.453. The van der Waals surface area contributed by atoms with Crippen molar-refractivity contribution < 1.29 is 4.39 Å².